The number of ether oxygens (including phenoxy) is 1. The maximum absolute atomic E-state index is 15.0. The molecule has 4 rings (SSSR count). The molecule has 0 bridgehead atoms. The van der Waals surface area contributed by atoms with Crippen molar-refractivity contribution in [3.63, 3.8) is 0 Å². The highest BCUT2D eigenvalue weighted by atomic mass is 19.1. The minimum absolute atomic E-state index is 0.0190. The van der Waals surface area contributed by atoms with Gasteiger partial charge in [0.1, 0.15) is 17.6 Å². The van der Waals surface area contributed by atoms with Crippen LogP contribution in [-0.2, 0) is 9.59 Å². The van der Waals surface area contributed by atoms with Gasteiger partial charge in [-0.1, -0.05) is 37.1 Å². The highest BCUT2D eigenvalue weighted by Crippen LogP contribution is 2.31. The smallest absolute Gasteiger partial charge is 0.287 e. The van der Waals surface area contributed by atoms with Gasteiger partial charge in [-0.3, -0.25) is 19.3 Å². The average molecular weight is 494 g/mol. The number of carbonyl (C=O) groups excluding carboxylic acids is 3. The Kier molecular flexibility index (Phi) is 7.99. The molecule has 3 aromatic rings. The number of carbonyl (C=O) groups is 3. The number of hydrogen-bond acceptors (Lipinski definition) is 5. The van der Waals surface area contributed by atoms with E-state index < -0.39 is 36.1 Å². The Balaban J connectivity index is 1.70. The van der Waals surface area contributed by atoms with Gasteiger partial charge < -0.3 is 19.8 Å². The zero-order valence-electron chi connectivity index (χ0n) is 19.9. The molecule has 36 heavy (non-hydrogen) atoms. The summed E-state index contributed by atoms with van der Waals surface area (Å²) in [5.41, 5.74) is 0.400. The van der Waals surface area contributed by atoms with Crippen LogP contribution in [0, 0.1) is 5.82 Å². The monoisotopic (exact) mass is 493 g/mol. The molecule has 8 nitrogen and oxygen atoms in total. The van der Waals surface area contributed by atoms with Gasteiger partial charge >= 0.3 is 0 Å². The van der Waals surface area contributed by atoms with E-state index in [0.29, 0.717) is 11.3 Å². The number of benzene rings is 2. The van der Waals surface area contributed by atoms with Gasteiger partial charge in [0.25, 0.3) is 5.91 Å². The standard InChI is InChI=1S/C27H28FN3O5/c1-35-20-14-12-18(13-15-20)25(27(34)30-19-7-2-3-8-19)31(22-10-5-4-9-21(22)28)24(32)17-29-26(33)23-11-6-16-36-23/h4-6,9-16,19,25H,2-3,7-8,17H2,1H3,(H,29,33)(H,30,34)/t25-/m1/s1. The summed E-state index contributed by atoms with van der Waals surface area (Å²) in [5, 5.41) is 5.52. The Labute approximate surface area is 208 Å². The molecule has 0 unspecified atom stereocenters. The third kappa shape index (κ3) is 5.73. The lowest BCUT2D eigenvalue weighted by atomic mass is 10.0. The van der Waals surface area contributed by atoms with Crippen molar-refractivity contribution >= 4 is 23.4 Å². The number of methoxy groups -OCH3 is 1. The molecule has 2 aromatic carbocycles. The van der Waals surface area contributed by atoms with E-state index in [0.717, 1.165) is 30.6 Å². The second kappa shape index (κ2) is 11.5. The lowest BCUT2D eigenvalue weighted by Gasteiger charge is -2.32. The highest BCUT2D eigenvalue weighted by molar-refractivity contribution is 6.04. The van der Waals surface area contributed by atoms with Crippen LogP contribution in [0.15, 0.2) is 71.3 Å². The molecule has 0 saturated heterocycles. The minimum atomic E-state index is -1.18. The molecule has 1 aromatic heterocycles. The van der Waals surface area contributed by atoms with Crippen molar-refractivity contribution in [2.24, 2.45) is 0 Å². The predicted molar refractivity (Wildman–Crippen MR) is 131 cm³/mol. The summed E-state index contributed by atoms with van der Waals surface area (Å²) in [7, 11) is 1.52. The lowest BCUT2D eigenvalue weighted by molar-refractivity contribution is -0.126. The van der Waals surface area contributed by atoms with Gasteiger partial charge in [-0.15, -0.1) is 0 Å². The Bertz CT molecular complexity index is 1190. The summed E-state index contributed by atoms with van der Waals surface area (Å²) >= 11 is 0. The van der Waals surface area contributed by atoms with Crippen LogP contribution in [0.3, 0.4) is 0 Å². The SMILES string of the molecule is COc1ccc([C@H](C(=O)NC2CCCC2)N(C(=O)CNC(=O)c2ccco2)c2ccccc2F)cc1. The summed E-state index contributed by atoms with van der Waals surface area (Å²) in [4.78, 5) is 40.7. The number of halogens is 1. The number of rotatable bonds is 9. The van der Waals surface area contributed by atoms with Crippen LogP contribution < -0.4 is 20.3 Å². The third-order valence-electron chi connectivity index (χ3n) is 6.17. The number of hydrogen-bond donors (Lipinski definition) is 2. The number of para-hydroxylation sites is 1. The van der Waals surface area contributed by atoms with Gasteiger partial charge in [0.2, 0.25) is 11.8 Å². The van der Waals surface area contributed by atoms with E-state index in [1.165, 1.54) is 37.6 Å². The van der Waals surface area contributed by atoms with Gasteiger partial charge in [-0.05, 0) is 54.8 Å². The first-order valence-electron chi connectivity index (χ1n) is 11.8. The normalized spacial score (nSPS) is 14.2. The molecule has 3 amide bonds. The predicted octanol–water partition coefficient (Wildman–Crippen LogP) is 3.99. The van der Waals surface area contributed by atoms with Crippen molar-refractivity contribution in [1.29, 1.82) is 0 Å². The molecule has 1 aliphatic rings. The zero-order chi connectivity index (χ0) is 25.5. The summed E-state index contributed by atoms with van der Waals surface area (Å²) < 4.78 is 25.3. The first-order valence-corrected chi connectivity index (χ1v) is 11.8. The Hall–Kier alpha value is -4.14. The molecule has 1 heterocycles. The fourth-order valence-corrected chi connectivity index (χ4v) is 4.35. The fraction of sp³-hybridized carbons (Fsp3) is 0.296. The van der Waals surface area contributed by atoms with E-state index in [9.17, 15) is 14.4 Å². The summed E-state index contributed by atoms with van der Waals surface area (Å²) in [6, 6.07) is 14.2. The van der Waals surface area contributed by atoms with Crippen molar-refractivity contribution < 1.29 is 27.9 Å². The Morgan fingerprint density at radius 3 is 2.42 bits per heavy atom. The zero-order valence-corrected chi connectivity index (χ0v) is 19.9. The minimum Gasteiger partial charge on any atom is -0.497 e. The first kappa shape index (κ1) is 25.0. The average Bonchev–Trinajstić information content (AvgIpc) is 3.61. The van der Waals surface area contributed by atoms with Crippen molar-refractivity contribution in [2.75, 3.05) is 18.6 Å². The first-order chi connectivity index (χ1) is 17.5. The van der Waals surface area contributed by atoms with Crippen molar-refractivity contribution in [2.45, 2.75) is 37.8 Å². The second-order valence-corrected chi connectivity index (χ2v) is 8.54. The van der Waals surface area contributed by atoms with Gasteiger partial charge in [0.05, 0.1) is 25.6 Å². The topological polar surface area (TPSA) is 101 Å². The molecule has 1 atom stereocenters. The van der Waals surface area contributed by atoms with Gasteiger partial charge in [-0.25, -0.2) is 4.39 Å². The second-order valence-electron chi connectivity index (χ2n) is 8.54. The third-order valence-corrected chi connectivity index (χ3v) is 6.17. The molecular weight excluding hydrogens is 465 g/mol. The number of amides is 3. The van der Waals surface area contributed by atoms with E-state index in [1.807, 2.05) is 0 Å². The molecule has 1 aliphatic carbocycles. The van der Waals surface area contributed by atoms with E-state index in [2.05, 4.69) is 10.6 Å². The van der Waals surface area contributed by atoms with Crippen LogP contribution >= 0.6 is 0 Å². The maximum atomic E-state index is 15.0. The van der Waals surface area contributed by atoms with E-state index >= 15 is 4.39 Å². The Morgan fingerprint density at radius 2 is 1.78 bits per heavy atom. The van der Waals surface area contributed by atoms with Crippen molar-refractivity contribution in [1.82, 2.24) is 10.6 Å². The fourth-order valence-electron chi connectivity index (χ4n) is 4.35. The van der Waals surface area contributed by atoms with Crippen molar-refractivity contribution in [3.8, 4) is 5.75 Å². The van der Waals surface area contributed by atoms with Crippen LogP contribution in [0.2, 0.25) is 0 Å². The molecule has 2 N–H and O–H groups in total. The number of nitrogens with zero attached hydrogens (tertiary/aromatic N) is 1. The number of anilines is 1. The summed E-state index contributed by atoms with van der Waals surface area (Å²) in [5.74, 6) is -1.76. The lowest BCUT2D eigenvalue weighted by Crippen LogP contribution is -2.49. The number of furan rings is 1. The van der Waals surface area contributed by atoms with Crippen molar-refractivity contribution in [3.05, 3.63) is 84.1 Å². The van der Waals surface area contributed by atoms with Gasteiger partial charge in [0, 0.05) is 6.04 Å². The van der Waals surface area contributed by atoms with Crippen LogP contribution in [0.4, 0.5) is 10.1 Å². The van der Waals surface area contributed by atoms with E-state index in [-0.39, 0.29) is 17.5 Å². The summed E-state index contributed by atoms with van der Waals surface area (Å²) in [6.45, 7) is -0.475. The molecule has 0 spiro atoms. The van der Waals surface area contributed by atoms with E-state index in [4.69, 9.17) is 9.15 Å². The molecule has 1 saturated carbocycles. The summed E-state index contributed by atoms with van der Waals surface area (Å²) in [6.07, 6.45) is 5.04. The van der Waals surface area contributed by atoms with Crippen LogP contribution in [-0.4, -0.2) is 37.4 Å². The molecular formula is C27H28FN3O5. The molecule has 188 valence electrons. The molecule has 0 radical (unpaired) electrons. The number of nitrogens with one attached hydrogen (secondary N) is 2. The maximum Gasteiger partial charge on any atom is 0.287 e. The molecule has 1 fully saturated rings. The Morgan fingerprint density at radius 1 is 1.06 bits per heavy atom. The largest absolute Gasteiger partial charge is 0.497 e. The van der Waals surface area contributed by atoms with Crippen LogP contribution in [0.25, 0.3) is 0 Å². The molecule has 0 aliphatic heterocycles. The van der Waals surface area contributed by atoms with Gasteiger partial charge in [-0.2, -0.15) is 0 Å². The highest BCUT2D eigenvalue weighted by Gasteiger charge is 2.35. The van der Waals surface area contributed by atoms with Crippen LogP contribution in [0.1, 0.15) is 47.8 Å². The van der Waals surface area contributed by atoms with Gasteiger partial charge in [0.15, 0.2) is 5.76 Å². The van der Waals surface area contributed by atoms with Crippen LogP contribution in [0.5, 0.6) is 5.75 Å². The molecule has 9 heteroatoms. The van der Waals surface area contributed by atoms with E-state index in [1.54, 1.807) is 36.4 Å². The quantitative estimate of drug-likeness (QED) is 0.470.